The van der Waals surface area contributed by atoms with E-state index in [9.17, 15) is 13.2 Å². The molecule has 0 amide bonds. The van der Waals surface area contributed by atoms with Crippen molar-refractivity contribution in [1.29, 1.82) is 0 Å². The van der Waals surface area contributed by atoms with Crippen LogP contribution >= 0.6 is 0 Å². The van der Waals surface area contributed by atoms with Crippen LogP contribution in [0.4, 0.5) is 13.2 Å². The highest BCUT2D eigenvalue weighted by molar-refractivity contribution is 5.94. The van der Waals surface area contributed by atoms with Crippen LogP contribution in [0.15, 0.2) is 28.8 Å². The molecule has 0 unspecified atom stereocenters. The van der Waals surface area contributed by atoms with Gasteiger partial charge >= 0.3 is 6.18 Å². The van der Waals surface area contributed by atoms with Gasteiger partial charge in [-0.3, -0.25) is 0 Å². The standard InChI is InChI=1S/C22H26F3N3O2/c1-29-15-6-7-21-10-14-4-5-16(30-11-13-2-3-13)8-17(14)19(18(21)9-15)28(20(26)27-21)12-22(23,24)25/h4-5,8,13,15H,2-3,6-7,9-12H2,1H3,(H2,26,27)/t15-,21+/m1/s1. The summed E-state index contributed by atoms with van der Waals surface area (Å²) in [6, 6.07) is 5.77. The average molecular weight is 421 g/mol. The van der Waals surface area contributed by atoms with Gasteiger partial charge < -0.3 is 20.1 Å². The van der Waals surface area contributed by atoms with Crippen LogP contribution in [0.2, 0.25) is 0 Å². The third-order valence-electron chi connectivity index (χ3n) is 6.71. The van der Waals surface area contributed by atoms with E-state index in [4.69, 9.17) is 15.2 Å². The highest BCUT2D eigenvalue weighted by atomic mass is 19.4. The first-order valence-electron chi connectivity index (χ1n) is 10.5. The van der Waals surface area contributed by atoms with E-state index in [0.29, 0.717) is 43.2 Å². The predicted molar refractivity (Wildman–Crippen MR) is 107 cm³/mol. The second kappa shape index (κ2) is 6.90. The van der Waals surface area contributed by atoms with Gasteiger partial charge in [-0.1, -0.05) is 6.07 Å². The smallest absolute Gasteiger partial charge is 0.406 e. The van der Waals surface area contributed by atoms with E-state index < -0.39 is 18.3 Å². The van der Waals surface area contributed by atoms with E-state index >= 15 is 0 Å². The van der Waals surface area contributed by atoms with Gasteiger partial charge in [-0.25, -0.2) is 4.99 Å². The number of methoxy groups -OCH3 is 1. The third kappa shape index (κ3) is 3.45. The zero-order valence-corrected chi connectivity index (χ0v) is 17.0. The van der Waals surface area contributed by atoms with Gasteiger partial charge in [0.2, 0.25) is 0 Å². The number of nitrogens with two attached hydrogens (primary N) is 1. The van der Waals surface area contributed by atoms with Crippen LogP contribution in [0.3, 0.4) is 0 Å². The minimum absolute atomic E-state index is 0.0266. The Balaban J connectivity index is 1.61. The average Bonchev–Trinajstić information content (AvgIpc) is 3.51. The van der Waals surface area contributed by atoms with Gasteiger partial charge in [0.15, 0.2) is 5.96 Å². The normalized spacial score (nSPS) is 28.1. The maximum absolute atomic E-state index is 13.5. The SMILES string of the molecule is CO[C@@H]1CC[C@]23Cc4ccc(OCC5CC5)cc4C(=C2C1)N(CC(F)(F)F)C(N)=N3. The number of hydrogen-bond acceptors (Lipinski definition) is 5. The van der Waals surface area contributed by atoms with E-state index in [1.165, 1.54) is 12.8 Å². The zero-order valence-electron chi connectivity index (χ0n) is 17.0. The van der Waals surface area contributed by atoms with Gasteiger partial charge in [0.1, 0.15) is 12.3 Å². The molecule has 1 heterocycles. The summed E-state index contributed by atoms with van der Waals surface area (Å²) in [5.74, 6) is 1.22. The second-order valence-electron chi connectivity index (χ2n) is 8.88. The van der Waals surface area contributed by atoms with Crippen molar-refractivity contribution in [1.82, 2.24) is 4.90 Å². The van der Waals surface area contributed by atoms with Crippen molar-refractivity contribution in [2.75, 3.05) is 20.3 Å². The number of nitrogens with zero attached hydrogens (tertiary/aromatic N) is 2. The van der Waals surface area contributed by atoms with Gasteiger partial charge in [0.25, 0.3) is 0 Å². The maximum atomic E-state index is 13.5. The number of alkyl halides is 3. The van der Waals surface area contributed by atoms with Crippen LogP contribution in [0.5, 0.6) is 5.75 Å². The molecular weight excluding hydrogens is 395 g/mol. The van der Waals surface area contributed by atoms with Crippen molar-refractivity contribution >= 4 is 11.7 Å². The van der Waals surface area contributed by atoms with Crippen molar-refractivity contribution in [2.24, 2.45) is 16.6 Å². The molecule has 2 saturated carbocycles. The Morgan fingerprint density at radius 1 is 1.27 bits per heavy atom. The largest absolute Gasteiger partial charge is 0.493 e. The molecular formula is C22H26F3N3O2. The van der Waals surface area contributed by atoms with Gasteiger partial charge in [-0.2, -0.15) is 13.2 Å². The Morgan fingerprint density at radius 2 is 2.07 bits per heavy atom. The van der Waals surface area contributed by atoms with Crippen LogP contribution in [-0.4, -0.2) is 48.9 Å². The molecule has 2 bridgehead atoms. The van der Waals surface area contributed by atoms with Gasteiger partial charge in [0, 0.05) is 19.1 Å². The Bertz CT molecular complexity index is 923. The lowest BCUT2D eigenvalue weighted by atomic mass is 9.67. The molecule has 1 aliphatic heterocycles. The topological polar surface area (TPSA) is 60.1 Å². The summed E-state index contributed by atoms with van der Waals surface area (Å²) >= 11 is 0. The Hall–Kier alpha value is -2.22. The fourth-order valence-corrected chi connectivity index (χ4v) is 4.98. The molecule has 5 nitrogen and oxygen atoms in total. The minimum atomic E-state index is -4.40. The summed E-state index contributed by atoms with van der Waals surface area (Å²) in [5.41, 5.74) is 8.77. The number of aliphatic imine (C=N–C) groups is 1. The molecule has 2 atom stereocenters. The van der Waals surface area contributed by atoms with Gasteiger partial charge in [-0.05, 0) is 61.3 Å². The molecule has 1 aromatic rings. The lowest BCUT2D eigenvalue weighted by molar-refractivity contribution is -0.133. The molecule has 3 aliphatic carbocycles. The second-order valence-corrected chi connectivity index (χ2v) is 8.88. The quantitative estimate of drug-likeness (QED) is 0.784. The molecule has 1 aromatic carbocycles. The summed E-state index contributed by atoms with van der Waals surface area (Å²) in [6.07, 6.45) is 0.638. The zero-order chi connectivity index (χ0) is 21.1. The van der Waals surface area contributed by atoms with Crippen molar-refractivity contribution in [3.05, 3.63) is 34.9 Å². The molecule has 4 aliphatic rings. The number of benzene rings is 1. The Labute approximate surface area is 173 Å². The first kappa shape index (κ1) is 19.7. The highest BCUT2D eigenvalue weighted by Gasteiger charge is 2.50. The molecule has 30 heavy (non-hydrogen) atoms. The molecule has 5 rings (SSSR count). The summed E-state index contributed by atoms with van der Waals surface area (Å²) in [5, 5.41) is 0. The first-order valence-corrected chi connectivity index (χ1v) is 10.5. The van der Waals surface area contributed by atoms with Crippen LogP contribution < -0.4 is 10.5 Å². The molecule has 2 fully saturated rings. The van der Waals surface area contributed by atoms with Gasteiger partial charge in [0.05, 0.1) is 23.9 Å². The van der Waals surface area contributed by atoms with Crippen molar-refractivity contribution in [2.45, 2.75) is 56.3 Å². The van der Waals surface area contributed by atoms with Crippen molar-refractivity contribution in [3.8, 4) is 5.75 Å². The molecule has 0 aromatic heterocycles. The van der Waals surface area contributed by atoms with Crippen molar-refractivity contribution in [3.63, 3.8) is 0 Å². The number of guanidine groups is 1. The summed E-state index contributed by atoms with van der Waals surface area (Å²) < 4.78 is 51.8. The fraction of sp³-hybridized carbons (Fsp3) is 0.591. The van der Waals surface area contributed by atoms with Gasteiger partial charge in [-0.15, -0.1) is 0 Å². The Kier molecular flexibility index (Phi) is 4.54. The lowest BCUT2D eigenvalue weighted by Crippen LogP contribution is -2.54. The third-order valence-corrected chi connectivity index (χ3v) is 6.71. The van der Waals surface area contributed by atoms with Crippen molar-refractivity contribution < 1.29 is 22.6 Å². The number of fused-ring (bicyclic) bond motifs is 2. The first-order chi connectivity index (χ1) is 14.3. The van der Waals surface area contributed by atoms with Crippen LogP contribution in [0.25, 0.3) is 5.70 Å². The van der Waals surface area contributed by atoms with E-state index in [2.05, 4.69) is 4.99 Å². The van der Waals surface area contributed by atoms with E-state index in [-0.39, 0.29) is 12.1 Å². The van der Waals surface area contributed by atoms with E-state index in [1.807, 2.05) is 18.2 Å². The van der Waals surface area contributed by atoms with E-state index in [1.54, 1.807) is 7.11 Å². The molecule has 2 N–H and O–H groups in total. The Morgan fingerprint density at radius 3 is 2.77 bits per heavy atom. The number of hydrogen-bond donors (Lipinski definition) is 1. The number of ether oxygens (including phenoxy) is 2. The molecule has 0 saturated heterocycles. The minimum Gasteiger partial charge on any atom is -0.493 e. The molecule has 0 spiro atoms. The fourth-order valence-electron chi connectivity index (χ4n) is 4.98. The monoisotopic (exact) mass is 421 g/mol. The van der Waals surface area contributed by atoms with E-state index in [0.717, 1.165) is 28.0 Å². The number of halogens is 3. The highest BCUT2D eigenvalue weighted by Crippen LogP contribution is 2.52. The summed E-state index contributed by atoms with van der Waals surface area (Å²) in [6.45, 7) is -0.516. The predicted octanol–water partition coefficient (Wildman–Crippen LogP) is 3.87. The lowest BCUT2D eigenvalue weighted by Gasteiger charge is -2.49. The molecule has 162 valence electrons. The number of rotatable bonds is 5. The van der Waals surface area contributed by atoms with Crippen LogP contribution in [-0.2, 0) is 11.2 Å². The molecule has 0 radical (unpaired) electrons. The molecule has 8 heteroatoms. The summed E-state index contributed by atoms with van der Waals surface area (Å²) in [4.78, 5) is 5.79. The van der Waals surface area contributed by atoms with Crippen LogP contribution in [0, 0.1) is 5.92 Å². The summed E-state index contributed by atoms with van der Waals surface area (Å²) in [7, 11) is 1.65. The van der Waals surface area contributed by atoms with Crippen LogP contribution in [0.1, 0.15) is 43.2 Å². The maximum Gasteiger partial charge on any atom is 0.406 e.